The zero-order chi connectivity index (χ0) is 20.8. The summed E-state index contributed by atoms with van der Waals surface area (Å²) >= 11 is 1.50. The quantitative estimate of drug-likeness (QED) is 0.567. The topological polar surface area (TPSA) is 58.2 Å². The molecule has 0 saturated carbocycles. The van der Waals surface area contributed by atoms with Gasteiger partial charge in [0.15, 0.2) is 0 Å². The lowest BCUT2D eigenvalue weighted by Crippen LogP contribution is -2.36. The maximum absolute atomic E-state index is 13.0. The Hall–Kier alpha value is -3.18. The van der Waals surface area contributed by atoms with Crippen LogP contribution in [0, 0.1) is 13.8 Å². The Morgan fingerprint density at radius 2 is 1.62 bits per heavy atom. The number of rotatable bonds is 6. The van der Waals surface area contributed by atoms with Crippen LogP contribution in [-0.4, -0.2) is 11.8 Å². The van der Waals surface area contributed by atoms with Crippen LogP contribution in [0.25, 0.3) is 6.08 Å². The number of hydrogen-bond donors (Lipinski definition) is 2. The summed E-state index contributed by atoms with van der Waals surface area (Å²) in [5, 5.41) is 7.74. The Balaban J connectivity index is 1.84. The van der Waals surface area contributed by atoms with Crippen LogP contribution in [0.4, 0.5) is 0 Å². The van der Waals surface area contributed by atoms with Crippen molar-refractivity contribution in [3.05, 3.63) is 98.9 Å². The van der Waals surface area contributed by atoms with Crippen LogP contribution in [-0.2, 0) is 4.79 Å². The largest absolute Gasteiger partial charge is 0.344 e. The highest BCUT2D eigenvalue weighted by Crippen LogP contribution is 2.18. The first-order valence-corrected chi connectivity index (χ1v) is 10.3. The molecule has 0 bridgehead atoms. The molecule has 2 N–H and O–H groups in total. The number of aryl methyl sites for hydroxylation is 2. The van der Waals surface area contributed by atoms with Gasteiger partial charge in [-0.3, -0.25) is 9.59 Å². The molecule has 148 valence electrons. The van der Waals surface area contributed by atoms with Crippen LogP contribution in [0.1, 0.15) is 44.9 Å². The molecule has 0 fully saturated rings. The highest BCUT2D eigenvalue weighted by Gasteiger charge is 2.19. The molecule has 1 heterocycles. The summed E-state index contributed by atoms with van der Waals surface area (Å²) < 4.78 is 0. The van der Waals surface area contributed by atoms with Gasteiger partial charge in [0, 0.05) is 10.4 Å². The number of nitrogens with one attached hydrogen (secondary N) is 2. The van der Waals surface area contributed by atoms with Crippen molar-refractivity contribution < 1.29 is 9.59 Å². The van der Waals surface area contributed by atoms with Crippen molar-refractivity contribution in [2.24, 2.45) is 0 Å². The fraction of sp³-hybridized carbons (Fsp3) is 0.167. The molecule has 1 aromatic heterocycles. The lowest BCUT2D eigenvalue weighted by Gasteiger charge is -2.18. The van der Waals surface area contributed by atoms with Crippen LogP contribution in [0.2, 0.25) is 0 Å². The van der Waals surface area contributed by atoms with Gasteiger partial charge in [-0.05, 0) is 61.1 Å². The van der Waals surface area contributed by atoms with Crippen LogP contribution in [0.15, 0.2) is 71.7 Å². The Morgan fingerprint density at radius 3 is 2.28 bits per heavy atom. The molecule has 0 aliphatic heterocycles. The van der Waals surface area contributed by atoms with E-state index in [-0.39, 0.29) is 23.6 Å². The lowest BCUT2D eigenvalue weighted by molar-refractivity contribution is -0.118. The van der Waals surface area contributed by atoms with Crippen molar-refractivity contribution in [2.45, 2.75) is 26.8 Å². The molecule has 3 rings (SSSR count). The average molecular weight is 405 g/mol. The van der Waals surface area contributed by atoms with Gasteiger partial charge in [-0.1, -0.05) is 48.5 Å². The minimum Gasteiger partial charge on any atom is -0.344 e. The van der Waals surface area contributed by atoms with E-state index in [2.05, 4.69) is 10.6 Å². The van der Waals surface area contributed by atoms with Gasteiger partial charge >= 0.3 is 0 Å². The lowest BCUT2D eigenvalue weighted by atomic mass is 10.0. The zero-order valence-electron chi connectivity index (χ0n) is 16.7. The maximum Gasteiger partial charge on any atom is 0.268 e. The Labute approximate surface area is 175 Å². The van der Waals surface area contributed by atoms with Gasteiger partial charge in [0.2, 0.25) is 0 Å². The third-order valence-corrected chi connectivity index (χ3v) is 5.53. The molecule has 29 heavy (non-hydrogen) atoms. The number of amides is 2. The number of carbonyl (C=O) groups is 2. The number of thiophene rings is 1. The van der Waals surface area contributed by atoms with Crippen molar-refractivity contribution in [3.8, 4) is 0 Å². The Bertz CT molecular complexity index is 1040. The molecule has 0 radical (unpaired) electrons. The first-order chi connectivity index (χ1) is 14.0. The summed E-state index contributed by atoms with van der Waals surface area (Å²) in [4.78, 5) is 26.7. The molecule has 2 aromatic carbocycles. The summed E-state index contributed by atoms with van der Waals surface area (Å²) in [7, 11) is 0. The van der Waals surface area contributed by atoms with Gasteiger partial charge in [0.25, 0.3) is 11.8 Å². The molecule has 0 saturated heterocycles. The molecule has 0 spiro atoms. The number of hydrogen-bond acceptors (Lipinski definition) is 3. The van der Waals surface area contributed by atoms with Crippen LogP contribution in [0.5, 0.6) is 0 Å². The minimum atomic E-state index is -0.323. The summed E-state index contributed by atoms with van der Waals surface area (Å²) in [6.45, 7) is 5.82. The van der Waals surface area contributed by atoms with Crippen molar-refractivity contribution in [1.29, 1.82) is 0 Å². The monoisotopic (exact) mass is 404 g/mol. The summed E-state index contributed by atoms with van der Waals surface area (Å²) in [5.74, 6) is -0.624. The fourth-order valence-corrected chi connectivity index (χ4v) is 3.77. The van der Waals surface area contributed by atoms with E-state index >= 15 is 0 Å². The molecule has 0 unspecified atom stereocenters. The van der Waals surface area contributed by atoms with E-state index in [9.17, 15) is 9.59 Å². The zero-order valence-corrected chi connectivity index (χ0v) is 17.5. The Kier molecular flexibility index (Phi) is 6.62. The second-order valence-electron chi connectivity index (χ2n) is 6.89. The van der Waals surface area contributed by atoms with Crippen LogP contribution < -0.4 is 10.6 Å². The maximum atomic E-state index is 13.0. The van der Waals surface area contributed by atoms with Crippen LogP contribution in [0.3, 0.4) is 0 Å². The molecule has 2 amide bonds. The summed E-state index contributed by atoms with van der Waals surface area (Å²) in [6, 6.07) is 18.9. The predicted molar refractivity (Wildman–Crippen MR) is 119 cm³/mol. The number of benzene rings is 2. The second kappa shape index (κ2) is 9.34. The molecule has 1 atom stereocenters. The summed E-state index contributed by atoms with van der Waals surface area (Å²) in [5.41, 5.74) is 3.77. The van der Waals surface area contributed by atoms with Gasteiger partial charge in [0.1, 0.15) is 5.70 Å². The third-order valence-electron chi connectivity index (χ3n) is 4.71. The SMILES string of the molecule is Cc1ccccc1C(=O)N/C(=C\c1cccs1)C(=O)N[C@H](C)c1ccccc1C. The first-order valence-electron chi connectivity index (χ1n) is 9.44. The standard InChI is InChI=1S/C24H24N2O2S/c1-16-9-4-6-12-20(16)18(3)25-24(28)22(15-19-11-8-14-29-19)26-23(27)21-13-7-5-10-17(21)2/h4-15,18H,1-3H3,(H,25,28)(H,26,27)/b22-15-/t18-/m1/s1. The van der Waals surface area contributed by atoms with E-state index in [1.54, 1.807) is 12.1 Å². The van der Waals surface area contributed by atoms with Gasteiger partial charge < -0.3 is 10.6 Å². The van der Waals surface area contributed by atoms with Crippen molar-refractivity contribution >= 4 is 29.2 Å². The molecular weight excluding hydrogens is 380 g/mol. The van der Waals surface area contributed by atoms with Gasteiger partial charge in [-0.15, -0.1) is 11.3 Å². The van der Waals surface area contributed by atoms with E-state index in [4.69, 9.17) is 0 Å². The summed E-state index contributed by atoms with van der Waals surface area (Å²) in [6.07, 6.45) is 1.71. The fourth-order valence-electron chi connectivity index (χ4n) is 3.12. The van der Waals surface area contributed by atoms with E-state index < -0.39 is 0 Å². The highest BCUT2D eigenvalue weighted by molar-refractivity contribution is 7.10. The average Bonchev–Trinajstić information content (AvgIpc) is 3.21. The number of carbonyl (C=O) groups excluding carboxylic acids is 2. The van der Waals surface area contributed by atoms with E-state index in [1.165, 1.54) is 11.3 Å². The predicted octanol–water partition coefficient (Wildman–Crippen LogP) is 5.01. The smallest absolute Gasteiger partial charge is 0.268 e. The second-order valence-corrected chi connectivity index (χ2v) is 7.87. The third kappa shape index (κ3) is 5.21. The minimum absolute atomic E-state index is 0.189. The molecule has 5 heteroatoms. The molecule has 4 nitrogen and oxygen atoms in total. The first kappa shape index (κ1) is 20.6. The van der Waals surface area contributed by atoms with Gasteiger partial charge in [-0.25, -0.2) is 0 Å². The molecule has 3 aromatic rings. The molecule has 0 aliphatic carbocycles. The highest BCUT2D eigenvalue weighted by atomic mass is 32.1. The van der Waals surface area contributed by atoms with Crippen molar-refractivity contribution in [1.82, 2.24) is 10.6 Å². The van der Waals surface area contributed by atoms with Crippen LogP contribution >= 0.6 is 11.3 Å². The van der Waals surface area contributed by atoms with Crippen molar-refractivity contribution in [2.75, 3.05) is 0 Å². The van der Waals surface area contributed by atoms with E-state index in [1.807, 2.05) is 80.7 Å². The van der Waals surface area contributed by atoms with Crippen molar-refractivity contribution in [3.63, 3.8) is 0 Å². The molecular formula is C24H24N2O2S. The van der Waals surface area contributed by atoms with Gasteiger partial charge in [-0.2, -0.15) is 0 Å². The van der Waals surface area contributed by atoms with Gasteiger partial charge in [0.05, 0.1) is 6.04 Å². The molecule has 0 aliphatic rings. The van der Waals surface area contributed by atoms with E-state index in [0.29, 0.717) is 5.56 Å². The Morgan fingerprint density at radius 1 is 0.931 bits per heavy atom. The van der Waals surface area contributed by atoms with E-state index in [0.717, 1.165) is 21.6 Å². The normalized spacial score (nSPS) is 12.3.